The van der Waals surface area contributed by atoms with Crippen molar-refractivity contribution in [3.63, 3.8) is 0 Å². The van der Waals surface area contributed by atoms with E-state index in [4.69, 9.17) is 5.26 Å². The number of carbonyl (C=O) groups is 1. The van der Waals surface area contributed by atoms with Crippen molar-refractivity contribution in [3.8, 4) is 17.9 Å². The van der Waals surface area contributed by atoms with Gasteiger partial charge in [-0.05, 0) is 6.07 Å². The first-order valence-corrected chi connectivity index (χ1v) is 4.16. The summed E-state index contributed by atoms with van der Waals surface area (Å²) in [5, 5.41) is 10.3. The van der Waals surface area contributed by atoms with Crippen LogP contribution >= 0.6 is 11.3 Å². The van der Waals surface area contributed by atoms with Gasteiger partial charge in [0.1, 0.15) is 17.2 Å². The van der Waals surface area contributed by atoms with Crippen LogP contribution in [0.25, 0.3) is 0 Å². The molecule has 1 aromatic rings. The molecule has 0 aliphatic heterocycles. The number of thiophene rings is 1. The lowest BCUT2D eigenvalue weighted by atomic mass is 10.3. The van der Waals surface area contributed by atoms with Crippen LogP contribution in [0.2, 0.25) is 0 Å². The molecule has 0 saturated heterocycles. The van der Waals surface area contributed by atoms with E-state index in [0.717, 1.165) is 11.8 Å². The molecule has 0 unspecified atom stereocenters. The Morgan fingerprint density at radius 2 is 2.50 bits per heavy atom. The molecular weight excluding hydrogens is 170 g/mol. The van der Waals surface area contributed by atoms with Gasteiger partial charge < -0.3 is 4.79 Å². The molecule has 58 valence electrons. The fourth-order valence-corrected chi connectivity index (χ4v) is 1.28. The summed E-state index contributed by atoms with van der Waals surface area (Å²) >= 11 is 1.36. The van der Waals surface area contributed by atoms with Crippen molar-refractivity contribution in [2.75, 3.05) is 0 Å². The number of aldehydes is 1. The lowest BCUT2D eigenvalue weighted by molar-refractivity contribution is -0.107. The zero-order valence-corrected chi connectivity index (χ0v) is 7.02. The Hall–Kier alpha value is -1.58. The molecule has 12 heavy (non-hydrogen) atoms. The predicted molar refractivity (Wildman–Crippen MR) is 46.6 cm³/mol. The molecule has 0 aliphatic rings. The topological polar surface area (TPSA) is 40.9 Å². The van der Waals surface area contributed by atoms with Gasteiger partial charge in [-0.3, -0.25) is 0 Å². The van der Waals surface area contributed by atoms with Crippen molar-refractivity contribution >= 4 is 17.6 Å². The third kappa shape index (κ3) is 2.23. The second-order valence-electron chi connectivity index (χ2n) is 1.98. The van der Waals surface area contributed by atoms with Crippen LogP contribution in [0, 0.1) is 23.2 Å². The van der Waals surface area contributed by atoms with Crippen LogP contribution in [0.1, 0.15) is 16.9 Å². The van der Waals surface area contributed by atoms with Crippen LogP contribution in [-0.2, 0) is 4.79 Å². The molecule has 0 aromatic carbocycles. The van der Waals surface area contributed by atoms with Gasteiger partial charge >= 0.3 is 0 Å². The van der Waals surface area contributed by atoms with Crippen molar-refractivity contribution in [2.24, 2.45) is 0 Å². The minimum Gasteiger partial charge on any atom is -0.302 e. The van der Waals surface area contributed by atoms with Gasteiger partial charge in [-0.15, -0.1) is 11.3 Å². The smallest absolute Gasteiger partial charge is 0.131 e. The Bertz CT molecular complexity index is 375. The monoisotopic (exact) mass is 175 g/mol. The highest BCUT2D eigenvalue weighted by atomic mass is 32.1. The average molecular weight is 175 g/mol. The normalized spacial score (nSPS) is 7.92. The minimum absolute atomic E-state index is 0.248. The number of hydrogen-bond acceptors (Lipinski definition) is 3. The highest BCUT2D eigenvalue weighted by molar-refractivity contribution is 7.10. The second kappa shape index (κ2) is 4.33. The van der Waals surface area contributed by atoms with Crippen LogP contribution in [0.3, 0.4) is 0 Å². The Balaban J connectivity index is 2.73. The zero-order chi connectivity index (χ0) is 8.81. The molecule has 1 heterocycles. The second-order valence-corrected chi connectivity index (χ2v) is 2.90. The number of carbonyl (C=O) groups excluding carboxylic acids is 1. The van der Waals surface area contributed by atoms with Crippen LogP contribution in [0.15, 0.2) is 11.4 Å². The molecule has 0 atom stereocenters. The van der Waals surface area contributed by atoms with E-state index in [1.54, 1.807) is 11.4 Å². The summed E-state index contributed by atoms with van der Waals surface area (Å²) in [4.78, 5) is 10.5. The van der Waals surface area contributed by atoms with Crippen molar-refractivity contribution in [1.82, 2.24) is 0 Å². The van der Waals surface area contributed by atoms with E-state index in [0.29, 0.717) is 4.88 Å². The van der Waals surface area contributed by atoms with Gasteiger partial charge in [0.25, 0.3) is 0 Å². The third-order valence-corrected chi connectivity index (χ3v) is 1.96. The van der Waals surface area contributed by atoms with Gasteiger partial charge in [-0.2, -0.15) is 5.26 Å². The van der Waals surface area contributed by atoms with Gasteiger partial charge in [0.05, 0.1) is 6.42 Å². The summed E-state index contributed by atoms with van der Waals surface area (Å²) in [6.07, 6.45) is 1.00. The van der Waals surface area contributed by atoms with Crippen LogP contribution < -0.4 is 0 Å². The molecular formula is C9H5NOS. The van der Waals surface area contributed by atoms with Gasteiger partial charge in [0.2, 0.25) is 0 Å². The minimum atomic E-state index is 0.248. The average Bonchev–Trinajstić information content (AvgIpc) is 2.53. The molecule has 0 amide bonds. The van der Waals surface area contributed by atoms with Gasteiger partial charge in [0.15, 0.2) is 0 Å². The summed E-state index contributed by atoms with van der Waals surface area (Å²) < 4.78 is 0. The molecule has 0 bridgehead atoms. The van der Waals surface area contributed by atoms with Crippen molar-refractivity contribution in [1.29, 1.82) is 5.26 Å². The van der Waals surface area contributed by atoms with Gasteiger partial charge in [-0.1, -0.05) is 11.8 Å². The Labute approximate surface area is 74.4 Å². The standard InChI is InChI=1S/C9H5NOS/c10-6-9-5-8(7-12-9)3-1-2-4-11/h4-5,7H,2H2. The molecule has 2 nitrogen and oxygen atoms in total. The fraction of sp³-hybridized carbons (Fsp3) is 0.111. The van der Waals surface area contributed by atoms with Crippen molar-refractivity contribution in [2.45, 2.75) is 6.42 Å². The highest BCUT2D eigenvalue weighted by Crippen LogP contribution is 2.11. The SMILES string of the molecule is N#Cc1cc(C#CCC=O)cs1. The molecule has 0 spiro atoms. The van der Waals surface area contributed by atoms with E-state index >= 15 is 0 Å². The Morgan fingerprint density at radius 3 is 3.08 bits per heavy atom. The van der Waals surface area contributed by atoms with E-state index in [1.807, 2.05) is 6.07 Å². The first-order chi connectivity index (χ1) is 5.86. The van der Waals surface area contributed by atoms with Crippen LogP contribution in [0.4, 0.5) is 0 Å². The quantitative estimate of drug-likeness (QED) is 0.480. The molecule has 0 radical (unpaired) electrons. The van der Waals surface area contributed by atoms with Crippen LogP contribution in [-0.4, -0.2) is 6.29 Å². The van der Waals surface area contributed by atoms with E-state index in [-0.39, 0.29) is 6.42 Å². The van der Waals surface area contributed by atoms with E-state index in [9.17, 15) is 4.79 Å². The summed E-state index contributed by atoms with van der Waals surface area (Å²) in [7, 11) is 0. The molecule has 0 fully saturated rings. The number of rotatable bonds is 1. The van der Waals surface area contributed by atoms with E-state index < -0.39 is 0 Å². The maximum Gasteiger partial charge on any atom is 0.131 e. The van der Waals surface area contributed by atoms with Crippen molar-refractivity contribution in [3.05, 3.63) is 21.9 Å². The maximum atomic E-state index is 9.90. The van der Waals surface area contributed by atoms with E-state index in [2.05, 4.69) is 11.8 Å². The van der Waals surface area contributed by atoms with E-state index in [1.165, 1.54) is 11.3 Å². The molecule has 1 rings (SSSR count). The van der Waals surface area contributed by atoms with Crippen LogP contribution in [0.5, 0.6) is 0 Å². The summed E-state index contributed by atoms with van der Waals surface area (Å²) in [6.45, 7) is 0. The summed E-state index contributed by atoms with van der Waals surface area (Å²) in [5.41, 5.74) is 0.804. The number of nitriles is 1. The highest BCUT2D eigenvalue weighted by Gasteiger charge is 1.93. The first kappa shape index (κ1) is 8.52. The largest absolute Gasteiger partial charge is 0.302 e. The fourth-order valence-electron chi connectivity index (χ4n) is 0.655. The van der Waals surface area contributed by atoms with Gasteiger partial charge in [0, 0.05) is 10.9 Å². The molecule has 1 aromatic heterocycles. The molecule has 0 saturated carbocycles. The Kier molecular flexibility index (Phi) is 3.07. The third-order valence-electron chi connectivity index (χ3n) is 1.13. The number of hydrogen-bond donors (Lipinski definition) is 0. The predicted octanol–water partition coefficient (Wildman–Crippen LogP) is 1.56. The zero-order valence-electron chi connectivity index (χ0n) is 6.20. The lowest BCUT2D eigenvalue weighted by Crippen LogP contribution is -1.68. The Morgan fingerprint density at radius 1 is 1.67 bits per heavy atom. The first-order valence-electron chi connectivity index (χ1n) is 3.28. The summed E-state index contributed by atoms with van der Waals surface area (Å²) in [6, 6.07) is 3.73. The number of nitrogens with zero attached hydrogens (tertiary/aromatic N) is 1. The lowest BCUT2D eigenvalue weighted by Gasteiger charge is -1.73. The maximum absolute atomic E-state index is 9.90. The van der Waals surface area contributed by atoms with Crippen molar-refractivity contribution < 1.29 is 4.79 Å². The summed E-state index contributed by atoms with van der Waals surface area (Å²) in [5.74, 6) is 5.45. The van der Waals surface area contributed by atoms with Gasteiger partial charge in [-0.25, -0.2) is 0 Å². The molecule has 0 N–H and O–H groups in total. The molecule has 0 aliphatic carbocycles. The molecule has 3 heteroatoms.